The van der Waals surface area contributed by atoms with Crippen LogP contribution in [0.15, 0.2) is 60.1 Å². The van der Waals surface area contributed by atoms with E-state index in [1.165, 1.54) is 0 Å². The molecule has 0 bridgehead atoms. The number of allylic oxidation sites excluding steroid dienone is 1. The van der Waals surface area contributed by atoms with Crippen molar-refractivity contribution in [1.29, 1.82) is 0 Å². The predicted molar refractivity (Wildman–Crippen MR) is 92.0 cm³/mol. The first kappa shape index (κ1) is 15.8. The molecule has 1 atom stereocenters. The van der Waals surface area contributed by atoms with Crippen molar-refractivity contribution in [2.24, 2.45) is 0 Å². The van der Waals surface area contributed by atoms with Gasteiger partial charge < -0.3 is 10.4 Å². The van der Waals surface area contributed by atoms with Gasteiger partial charge in [-0.15, -0.1) is 9.90 Å². The Morgan fingerprint density at radius 2 is 2.19 bits per heavy atom. The molecule has 1 amide bonds. The number of aromatic nitrogens is 5. The predicted octanol–water partition coefficient (Wildman–Crippen LogP) is 1.12. The number of H-pyrrole nitrogens is 1. The standard InChI is InChI=1S/C17H15N7O2/c1-10-14(16(26)20-12-5-3-7-18-9-12)15(11-4-2-6-13(25)8-11)24-17(19-10)21-22-23-24/h2-9,15H,1H3,(H3,19,20,21,23,25,26)/p+1. The Labute approximate surface area is 148 Å². The van der Waals surface area contributed by atoms with E-state index in [-0.39, 0.29) is 11.7 Å². The summed E-state index contributed by atoms with van der Waals surface area (Å²) in [5, 5.41) is 26.4. The zero-order chi connectivity index (χ0) is 18.1. The van der Waals surface area contributed by atoms with E-state index in [4.69, 9.17) is 0 Å². The highest BCUT2D eigenvalue weighted by atomic mass is 16.3. The Balaban J connectivity index is 1.78. The Morgan fingerprint density at radius 1 is 1.31 bits per heavy atom. The number of phenolic OH excluding ortho intramolecular Hbond substituents is 1. The van der Waals surface area contributed by atoms with Crippen molar-refractivity contribution in [3.05, 3.63) is 65.6 Å². The van der Waals surface area contributed by atoms with Crippen LogP contribution in [0.5, 0.6) is 5.75 Å². The molecule has 0 saturated carbocycles. The molecular weight excluding hydrogens is 334 g/mol. The average Bonchev–Trinajstić information content (AvgIpc) is 3.09. The van der Waals surface area contributed by atoms with E-state index in [1.807, 2.05) is 6.07 Å². The summed E-state index contributed by atoms with van der Waals surface area (Å²) in [6.07, 6.45) is 3.21. The summed E-state index contributed by atoms with van der Waals surface area (Å²) in [4.78, 5) is 17.0. The summed E-state index contributed by atoms with van der Waals surface area (Å²) in [6.45, 7) is 1.80. The fraction of sp³-hybridized carbons (Fsp3) is 0.118. The number of nitrogens with one attached hydrogen (secondary N) is 3. The third-order valence-electron chi connectivity index (χ3n) is 4.11. The summed E-state index contributed by atoms with van der Waals surface area (Å²) < 4.78 is 1.64. The van der Waals surface area contributed by atoms with Crippen LogP contribution in [0.3, 0.4) is 0 Å². The molecule has 130 valence electrons. The van der Waals surface area contributed by atoms with Crippen molar-refractivity contribution in [2.75, 3.05) is 10.6 Å². The highest BCUT2D eigenvalue weighted by Gasteiger charge is 2.38. The van der Waals surface area contributed by atoms with Crippen LogP contribution in [-0.2, 0) is 4.79 Å². The van der Waals surface area contributed by atoms with Gasteiger partial charge >= 0.3 is 5.95 Å². The first-order chi connectivity index (χ1) is 12.6. The zero-order valence-electron chi connectivity index (χ0n) is 13.8. The third-order valence-corrected chi connectivity index (χ3v) is 4.11. The lowest BCUT2D eigenvalue weighted by Crippen LogP contribution is -2.50. The average molecular weight is 350 g/mol. The molecule has 0 spiro atoms. The van der Waals surface area contributed by atoms with Crippen molar-refractivity contribution in [2.45, 2.75) is 13.0 Å². The number of phenols is 1. The van der Waals surface area contributed by atoms with Crippen LogP contribution >= 0.6 is 0 Å². The first-order valence-electron chi connectivity index (χ1n) is 7.94. The van der Waals surface area contributed by atoms with Gasteiger partial charge in [0.25, 0.3) is 5.91 Å². The van der Waals surface area contributed by atoms with E-state index in [0.29, 0.717) is 22.9 Å². The first-order valence-corrected chi connectivity index (χ1v) is 7.94. The minimum absolute atomic E-state index is 0.111. The van der Waals surface area contributed by atoms with E-state index < -0.39 is 6.04 Å². The molecular formula is C17H16N7O2+. The summed E-state index contributed by atoms with van der Waals surface area (Å²) in [5.41, 5.74) is 2.43. The van der Waals surface area contributed by atoms with Gasteiger partial charge in [-0.2, -0.15) is 0 Å². The second-order valence-corrected chi connectivity index (χ2v) is 5.85. The number of pyridine rings is 1. The van der Waals surface area contributed by atoms with Crippen molar-refractivity contribution in [3.63, 3.8) is 0 Å². The minimum Gasteiger partial charge on any atom is -0.508 e. The van der Waals surface area contributed by atoms with Gasteiger partial charge in [-0.1, -0.05) is 12.1 Å². The smallest absolute Gasteiger partial charge is 0.405 e. The lowest BCUT2D eigenvalue weighted by Gasteiger charge is -2.24. The number of hydrogen-bond acceptors (Lipinski definition) is 6. The van der Waals surface area contributed by atoms with Crippen molar-refractivity contribution in [3.8, 4) is 5.75 Å². The van der Waals surface area contributed by atoms with Crippen LogP contribution in [0.4, 0.5) is 11.6 Å². The molecule has 0 aliphatic carbocycles. The van der Waals surface area contributed by atoms with E-state index in [1.54, 1.807) is 54.3 Å². The SMILES string of the molecule is CC1=C(C(=O)Nc2cccnc2)C(c2cccc(O)c2)[n+]2[nH]nnc2N1. The molecule has 0 saturated heterocycles. The second kappa shape index (κ2) is 6.28. The van der Waals surface area contributed by atoms with Crippen molar-refractivity contribution >= 4 is 17.5 Å². The Morgan fingerprint density at radius 3 is 2.96 bits per heavy atom. The number of carbonyl (C=O) groups excluding carboxylic acids is 1. The van der Waals surface area contributed by atoms with Gasteiger partial charge in [-0.25, -0.2) is 0 Å². The summed E-state index contributed by atoms with van der Waals surface area (Å²) >= 11 is 0. The van der Waals surface area contributed by atoms with Crippen LogP contribution in [0, 0.1) is 0 Å². The number of nitrogens with zero attached hydrogens (tertiary/aromatic N) is 4. The summed E-state index contributed by atoms with van der Waals surface area (Å²) in [6, 6.07) is 9.72. The van der Waals surface area contributed by atoms with Crippen LogP contribution in [0.25, 0.3) is 0 Å². The number of tetrazole rings is 1. The number of carbonyl (C=O) groups is 1. The number of anilines is 2. The molecule has 1 aliphatic heterocycles. The molecule has 1 aliphatic rings. The highest BCUT2D eigenvalue weighted by molar-refractivity contribution is 6.05. The van der Waals surface area contributed by atoms with Crippen LogP contribution in [0.1, 0.15) is 18.5 Å². The molecule has 1 aromatic carbocycles. The molecule has 9 heteroatoms. The number of amides is 1. The number of aromatic amines is 1. The molecule has 3 heterocycles. The van der Waals surface area contributed by atoms with Gasteiger partial charge in [0, 0.05) is 6.20 Å². The van der Waals surface area contributed by atoms with E-state index in [9.17, 15) is 9.90 Å². The van der Waals surface area contributed by atoms with Crippen molar-refractivity contribution < 1.29 is 14.6 Å². The lowest BCUT2D eigenvalue weighted by molar-refractivity contribution is -0.750. The Hall–Kier alpha value is -3.75. The summed E-state index contributed by atoms with van der Waals surface area (Å²) in [5.74, 6) is 0.304. The highest BCUT2D eigenvalue weighted by Crippen LogP contribution is 2.30. The monoisotopic (exact) mass is 350 g/mol. The molecule has 0 fully saturated rings. The van der Waals surface area contributed by atoms with E-state index in [2.05, 4.69) is 31.1 Å². The topological polar surface area (TPSA) is 120 Å². The third kappa shape index (κ3) is 2.75. The lowest BCUT2D eigenvalue weighted by atomic mass is 9.95. The maximum atomic E-state index is 13.0. The number of aromatic hydroxyl groups is 1. The fourth-order valence-electron chi connectivity index (χ4n) is 2.99. The van der Waals surface area contributed by atoms with Gasteiger partial charge in [0.05, 0.1) is 28.3 Å². The molecule has 4 N–H and O–H groups in total. The number of fused-ring (bicyclic) bond motifs is 1. The van der Waals surface area contributed by atoms with Gasteiger partial charge in [0.15, 0.2) is 6.04 Å². The fourth-order valence-corrected chi connectivity index (χ4v) is 2.99. The second-order valence-electron chi connectivity index (χ2n) is 5.85. The van der Waals surface area contributed by atoms with Gasteiger partial charge in [-0.05, 0) is 36.8 Å². The van der Waals surface area contributed by atoms with Gasteiger partial charge in [0.1, 0.15) is 11.0 Å². The summed E-state index contributed by atoms with van der Waals surface area (Å²) in [7, 11) is 0. The minimum atomic E-state index is -0.523. The molecule has 9 nitrogen and oxygen atoms in total. The molecule has 1 unspecified atom stereocenters. The normalized spacial score (nSPS) is 16.0. The van der Waals surface area contributed by atoms with Gasteiger partial charge in [0.2, 0.25) is 0 Å². The van der Waals surface area contributed by atoms with Crippen LogP contribution < -0.4 is 15.3 Å². The quantitative estimate of drug-likeness (QED) is 0.526. The molecule has 4 rings (SSSR count). The Kier molecular flexibility index (Phi) is 3.81. The van der Waals surface area contributed by atoms with E-state index in [0.717, 1.165) is 5.56 Å². The zero-order valence-corrected chi connectivity index (χ0v) is 13.8. The molecule has 2 aromatic heterocycles. The van der Waals surface area contributed by atoms with Crippen LogP contribution in [-0.4, -0.2) is 31.5 Å². The molecule has 0 radical (unpaired) electrons. The largest absolute Gasteiger partial charge is 0.508 e. The maximum absolute atomic E-state index is 13.0. The van der Waals surface area contributed by atoms with E-state index >= 15 is 0 Å². The number of hydrogen-bond donors (Lipinski definition) is 4. The van der Waals surface area contributed by atoms with Crippen LogP contribution in [0.2, 0.25) is 0 Å². The maximum Gasteiger partial charge on any atom is 0.405 e. The molecule has 3 aromatic rings. The van der Waals surface area contributed by atoms with Crippen molar-refractivity contribution in [1.82, 2.24) is 20.5 Å². The molecule has 26 heavy (non-hydrogen) atoms. The van der Waals surface area contributed by atoms with Gasteiger partial charge in [-0.3, -0.25) is 15.1 Å². The Bertz CT molecular complexity index is 997. The number of benzene rings is 1. The number of rotatable bonds is 3.